The summed E-state index contributed by atoms with van der Waals surface area (Å²) in [5.74, 6) is 1.77. The van der Waals surface area contributed by atoms with Crippen molar-refractivity contribution >= 4 is 23.1 Å². The lowest BCUT2D eigenvalue weighted by molar-refractivity contribution is -0.116. The molecule has 0 aromatic carbocycles. The summed E-state index contributed by atoms with van der Waals surface area (Å²) in [6.45, 7) is 1.18. The highest BCUT2D eigenvalue weighted by molar-refractivity contribution is 5.86. The fourth-order valence-corrected chi connectivity index (χ4v) is 1.96. The maximum absolute atomic E-state index is 11.3. The predicted octanol–water partition coefficient (Wildman–Crippen LogP) is 1.33. The average molecular weight is 243 g/mol. The zero-order valence-corrected chi connectivity index (χ0v) is 9.76. The Labute approximate surface area is 104 Å². The first-order valence-electron chi connectivity index (χ1n) is 5.80. The molecule has 92 valence electrons. The van der Waals surface area contributed by atoms with E-state index in [1.165, 1.54) is 6.33 Å². The van der Waals surface area contributed by atoms with Gasteiger partial charge < -0.3 is 15.2 Å². The van der Waals surface area contributed by atoms with Crippen LogP contribution >= 0.6 is 0 Å². The fourth-order valence-electron chi connectivity index (χ4n) is 1.96. The molecule has 0 amide bonds. The minimum absolute atomic E-state index is 0.258. The number of anilines is 3. The van der Waals surface area contributed by atoms with Gasteiger partial charge in [0, 0.05) is 31.4 Å². The second-order valence-corrected chi connectivity index (χ2v) is 4.20. The van der Waals surface area contributed by atoms with Crippen LogP contribution in [0, 0.1) is 0 Å². The summed E-state index contributed by atoms with van der Waals surface area (Å²) >= 11 is 0. The van der Waals surface area contributed by atoms with Crippen LogP contribution in [0.1, 0.15) is 6.42 Å². The van der Waals surface area contributed by atoms with Crippen molar-refractivity contribution in [3.05, 3.63) is 30.9 Å². The molecule has 0 atom stereocenters. The quantitative estimate of drug-likeness (QED) is 0.850. The molecular weight excluding hydrogens is 230 g/mol. The number of rotatable bonds is 3. The molecule has 0 spiro atoms. The molecule has 6 nitrogen and oxygen atoms in total. The molecule has 0 aliphatic carbocycles. The van der Waals surface area contributed by atoms with E-state index in [4.69, 9.17) is 0 Å². The lowest BCUT2D eigenvalue weighted by Gasteiger charge is -2.15. The summed E-state index contributed by atoms with van der Waals surface area (Å²) in [5, 5.41) is 3.17. The Balaban J connectivity index is 1.78. The van der Waals surface area contributed by atoms with Gasteiger partial charge in [0.25, 0.3) is 0 Å². The number of H-pyrrole nitrogens is 1. The largest absolute Gasteiger partial charge is 0.366 e. The van der Waals surface area contributed by atoms with E-state index in [1.54, 1.807) is 0 Å². The van der Waals surface area contributed by atoms with Gasteiger partial charge in [-0.05, 0) is 6.07 Å². The molecule has 3 heterocycles. The summed E-state index contributed by atoms with van der Waals surface area (Å²) in [6, 6.07) is 3.77. The number of nitrogens with zero attached hydrogens (tertiary/aromatic N) is 3. The van der Waals surface area contributed by atoms with Gasteiger partial charge in [-0.3, -0.25) is 4.79 Å². The van der Waals surface area contributed by atoms with Crippen LogP contribution in [0.2, 0.25) is 0 Å². The van der Waals surface area contributed by atoms with E-state index in [9.17, 15) is 4.79 Å². The number of aromatic amines is 1. The van der Waals surface area contributed by atoms with Crippen molar-refractivity contribution in [2.45, 2.75) is 6.42 Å². The molecule has 1 saturated heterocycles. The van der Waals surface area contributed by atoms with Crippen molar-refractivity contribution < 1.29 is 4.79 Å². The van der Waals surface area contributed by atoms with Crippen LogP contribution in [-0.4, -0.2) is 33.8 Å². The Morgan fingerprint density at radius 3 is 3.06 bits per heavy atom. The van der Waals surface area contributed by atoms with Crippen LogP contribution in [0.15, 0.2) is 30.9 Å². The van der Waals surface area contributed by atoms with Gasteiger partial charge in [-0.2, -0.15) is 0 Å². The smallest absolute Gasteiger partial charge is 0.153 e. The van der Waals surface area contributed by atoms with Gasteiger partial charge in [0.2, 0.25) is 0 Å². The average Bonchev–Trinajstić information content (AvgIpc) is 3.01. The normalized spacial score (nSPS) is 15.1. The van der Waals surface area contributed by atoms with Crippen molar-refractivity contribution in [2.24, 2.45) is 0 Å². The van der Waals surface area contributed by atoms with Crippen LogP contribution in [0.4, 0.5) is 17.3 Å². The number of carbonyl (C=O) groups is 1. The third kappa shape index (κ3) is 2.17. The number of hydrogen-bond donors (Lipinski definition) is 2. The molecule has 0 bridgehead atoms. The first-order valence-corrected chi connectivity index (χ1v) is 5.80. The van der Waals surface area contributed by atoms with Crippen molar-refractivity contribution in [1.29, 1.82) is 0 Å². The zero-order valence-electron chi connectivity index (χ0n) is 9.76. The molecule has 1 fully saturated rings. The van der Waals surface area contributed by atoms with Gasteiger partial charge in [0.05, 0.1) is 12.2 Å². The molecule has 2 aromatic heterocycles. The van der Waals surface area contributed by atoms with E-state index in [1.807, 2.05) is 29.4 Å². The molecule has 2 N–H and O–H groups in total. The lowest BCUT2D eigenvalue weighted by atomic mass is 10.4. The number of nitrogens with one attached hydrogen (secondary N) is 2. The number of hydrogen-bond acceptors (Lipinski definition) is 5. The highest BCUT2D eigenvalue weighted by Gasteiger charge is 2.20. The van der Waals surface area contributed by atoms with E-state index in [0.717, 1.165) is 23.9 Å². The zero-order chi connectivity index (χ0) is 12.4. The summed E-state index contributed by atoms with van der Waals surface area (Å²) in [5.41, 5.74) is 0.942. The number of aromatic nitrogens is 3. The molecule has 2 aromatic rings. The van der Waals surface area contributed by atoms with Crippen molar-refractivity contribution in [1.82, 2.24) is 15.0 Å². The Morgan fingerprint density at radius 2 is 2.33 bits per heavy atom. The van der Waals surface area contributed by atoms with Crippen LogP contribution in [0.5, 0.6) is 0 Å². The Hall–Kier alpha value is -2.37. The molecule has 3 rings (SSSR count). The molecule has 1 aliphatic rings. The van der Waals surface area contributed by atoms with Gasteiger partial charge in [-0.1, -0.05) is 0 Å². The maximum atomic E-state index is 11.3. The van der Waals surface area contributed by atoms with Crippen molar-refractivity contribution in [2.75, 3.05) is 23.3 Å². The molecular formula is C12H13N5O. The first-order chi connectivity index (χ1) is 8.81. The molecule has 0 radical (unpaired) electrons. The van der Waals surface area contributed by atoms with E-state index < -0.39 is 0 Å². The Morgan fingerprint density at radius 1 is 1.39 bits per heavy atom. The van der Waals surface area contributed by atoms with Gasteiger partial charge in [0.15, 0.2) is 5.78 Å². The topological polar surface area (TPSA) is 73.9 Å². The van der Waals surface area contributed by atoms with E-state index in [0.29, 0.717) is 13.0 Å². The lowest BCUT2D eigenvalue weighted by Crippen LogP contribution is -2.20. The number of ketones is 1. The summed E-state index contributed by atoms with van der Waals surface area (Å²) in [6.07, 6.45) is 5.79. The standard InChI is InChI=1S/C12H13N5O/c18-10-2-4-17(7-10)12-5-11(14-8-15-12)16-9-1-3-13-6-9/h1,3,5-6,8,13H,2,4,7H2,(H,14,15,16). The fraction of sp³-hybridized carbons (Fsp3) is 0.250. The number of carbonyl (C=O) groups excluding carboxylic acids is 1. The van der Waals surface area contributed by atoms with Gasteiger partial charge >= 0.3 is 0 Å². The number of Topliss-reactive ketones (excluding diaryl/α,β-unsaturated/α-hetero) is 1. The summed E-state index contributed by atoms with van der Waals surface area (Å²) in [4.78, 5) is 24.5. The molecule has 0 saturated carbocycles. The van der Waals surface area contributed by atoms with Crippen LogP contribution in [0.3, 0.4) is 0 Å². The highest BCUT2D eigenvalue weighted by Crippen LogP contribution is 2.20. The van der Waals surface area contributed by atoms with E-state index in [-0.39, 0.29) is 5.78 Å². The SMILES string of the molecule is O=C1CCN(c2cc(Nc3cc[nH]c3)ncn2)C1. The van der Waals surface area contributed by atoms with Crippen LogP contribution in [-0.2, 0) is 4.79 Å². The van der Waals surface area contributed by atoms with Crippen molar-refractivity contribution in [3.63, 3.8) is 0 Å². The molecule has 6 heteroatoms. The second-order valence-electron chi connectivity index (χ2n) is 4.20. The third-order valence-corrected chi connectivity index (χ3v) is 2.87. The maximum Gasteiger partial charge on any atom is 0.153 e. The van der Waals surface area contributed by atoms with Crippen LogP contribution < -0.4 is 10.2 Å². The summed E-state index contributed by atoms with van der Waals surface area (Å²) in [7, 11) is 0. The predicted molar refractivity (Wildman–Crippen MR) is 67.9 cm³/mol. The van der Waals surface area contributed by atoms with E-state index >= 15 is 0 Å². The summed E-state index contributed by atoms with van der Waals surface area (Å²) < 4.78 is 0. The molecule has 1 aliphatic heterocycles. The van der Waals surface area contributed by atoms with Gasteiger partial charge in [-0.15, -0.1) is 0 Å². The Kier molecular flexibility index (Phi) is 2.68. The van der Waals surface area contributed by atoms with Crippen molar-refractivity contribution in [3.8, 4) is 0 Å². The highest BCUT2D eigenvalue weighted by atomic mass is 16.1. The molecule has 0 unspecified atom stereocenters. The van der Waals surface area contributed by atoms with Gasteiger partial charge in [-0.25, -0.2) is 9.97 Å². The minimum atomic E-state index is 0.258. The third-order valence-electron chi connectivity index (χ3n) is 2.87. The van der Waals surface area contributed by atoms with Crippen LogP contribution in [0.25, 0.3) is 0 Å². The minimum Gasteiger partial charge on any atom is -0.366 e. The second kappa shape index (κ2) is 4.48. The monoisotopic (exact) mass is 243 g/mol. The van der Waals surface area contributed by atoms with Gasteiger partial charge in [0.1, 0.15) is 18.0 Å². The first kappa shape index (κ1) is 10.8. The van der Waals surface area contributed by atoms with E-state index in [2.05, 4.69) is 20.3 Å². The molecule has 18 heavy (non-hydrogen) atoms. The Bertz CT molecular complexity index is 551.